The first kappa shape index (κ1) is 15.2. The van der Waals surface area contributed by atoms with Gasteiger partial charge in [-0.1, -0.05) is 18.6 Å². The second-order valence-electron chi connectivity index (χ2n) is 6.53. The molecule has 0 spiro atoms. The summed E-state index contributed by atoms with van der Waals surface area (Å²) in [6.45, 7) is 0. The first-order valence-corrected chi connectivity index (χ1v) is 9.50. The third-order valence-corrected chi connectivity index (χ3v) is 6.25. The Hall–Kier alpha value is -0.670. The molecule has 0 bridgehead atoms. The van der Waals surface area contributed by atoms with E-state index in [9.17, 15) is 0 Å². The minimum Gasteiger partial charge on any atom is -0.497 e. The zero-order chi connectivity index (χ0) is 14.7. The number of benzene rings is 1. The third kappa shape index (κ3) is 3.75. The van der Waals surface area contributed by atoms with Crippen molar-refractivity contribution in [3.05, 3.63) is 29.8 Å². The van der Waals surface area contributed by atoms with E-state index in [2.05, 4.69) is 47.6 Å². The van der Waals surface area contributed by atoms with Gasteiger partial charge in [0.05, 0.1) is 7.11 Å². The van der Waals surface area contributed by atoms with Gasteiger partial charge in [-0.3, -0.25) is 0 Å². The standard InChI is InChI=1S/C18H27NOS/c1-20-17-8-6-13(7-9-17)14-10-16(11-14)19-15-4-3-5-18(12-15)21-2/h6-9,14-16,18-19H,3-5,10-12H2,1-2H3. The average molecular weight is 305 g/mol. The van der Waals surface area contributed by atoms with Crippen molar-refractivity contribution in [3.8, 4) is 5.75 Å². The van der Waals surface area contributed by atoms with Gasteiger partial charge < -0.3 is 10.1 Å². The maximum Gasteiger partial charge on any atom is 0.118 e. The van der Waals surface area contributed by atoms with Gasteiger partial charge in [-0.2, -0.15) is 11.8 Å². The van der Waals surface area contributed by atoms with Gasteiger partial charge in [0, 0.05) is 17.3 Å². The van der Waals surface area contributed by atoms with E-state index >= 15 is 0 Å². The van der Waals surface area contributed by atoms with Crippen molar-refractivity contribution in [1.29, 1.82) is 0 Å². The molecule has 21 heavy (non-hydrogen) atoms. The number of hydrogen-bond donors (Lipinski definition) is 1. The second-order valence-corrected chi connectivity index (χ2v) is 7.66. The number of nitrogens with one attached hydrogen (secondary N) is 1. The van der Waals surface area contributed by atoms with Gasteiger partial charge in [0.1, 0.15) is 5.75 Å². The normalized spacial score (nSPS) is 32.5. The molecule has 2 nitrogen and oxygen atoms in total. The highest BCUT2D eigenvalue weighted by molar-refractivity contribution is 7.99. The summed E-state index contributed by atoms with van der Waals surface area (Å²) in [4.78, 5) is 0. The Kier molecular flexibility index (Phi) is 5.12. The van der Waals surface area contributed by atoms with Gasteiger partial charge in [0.25, 0.3) is 0 Å². The Balaban J connectivity index is 1.44. The molecule has 0 aliphatic heterocycles. The van der Waals surface area contributed by atoms with E-state index in [0.717, 1.165) is 29.0 Å². The van der Waals surface area contributed by atoms with E-state index in [1.54, 1.807) is 7.11 Å². The summed E-state index contributed by atoms with van der Waals surface area (Å²) in [6, 6.07) is 10.1. The van der Waals surface area contributed by atoms with Gasteiger partial charge in [0.15, 0.2) is 0 Å². The molecule has 2 unspecified atom stereocenters. The molecule has 1 aromatic carbocycles. The lowest BCUT2D eigenvalue weighted by atomic mass is 9.75. The molecule has 3 rings (SSSR count). The van der Waals surface area contributed by atoms with Crippen LogP contribution in [-0.2, 0) is 0 Å². The van der Waals surface area contributed by atoms with Crippen LogP contribution in [0.5, 0.6) is 5.75 Å². The predicted octanol–water partition coefficient (Wildman–Crippen LogP) is 4.21. The quantitative estimate of drug-likeness (QED) is 0.880. The number of ether oxygens (including phenoxy) is 1. The molecule has 116 valence electrons. The molecule has 0 amide bonds. The van der Waals surface area contributed by atoms with E-state index < -0.39 is 0 Å². The van der Waals surface area contributed by atoms with E-state index in [0.29, 0.717) is 0 Å². The van der Waals surface area contributed by atoms with Gasteiger partial charge in [0.2, 0.25) is 0 Å². The van der Waals surface area contributed by atoms with Crippen molar-refractivity contribution in [2.75, 3.05) is 13.4 Å². The highest BCUT2D eigenvalue weighted by Gasteiger charge is 2.32. The van der Waals surface area contributed by atoms with Crippen LogP contribution >= 0.6 is 11.8 Å². The molecule has 2 atom stereocenters. The predicted molar refractivity (Wildman–Crippen MR) is 91.5 cm³/mol. The lowest BCUT2D eigenvalue weighted by molar-refractivity contribution is 0.240. The summed E-state index contributed by atoms with van der Waals surface area (Å²) in [5.74, 6) is 1.70. The summed E-state index contributed by atoms with van der Waals surface area (Å²) in [7, 11) is 1.73. The highest BCUT2D eigenvalue weighted by atomic mass is 32.2. The van der Waals surface area contributed by atoms with Crippen LogP contribution in [0, 0.1) is 0 Å². The summed E-state index contributed by atoms with van der Waals surface area (Å²) < 4.78 is 5.23. The SMILES string of the molecule is COc1ccc(C2CC(NC3CCCC(SC)C3)C2)cc1. The Bertz CT molecular complexity index is 441. The number of thioether (sulfide) groups is 1. The molecule has 0 saturated heterocycles. The van der Waals surface area contributed by atoms with E-state index in [4.69, 9.17) is 4.74 Å². The molecule has 0 radical (unpaired) electrons. The fraction of sp³-hybridized carbons (Fsp3) is 0.667. The van der Waals surface area contributed by atoms with E-state index in [1.165, 1.54) is 44.1 Å². The van der Waals surface area contributed by atoms with Crippen LogP contribution in [0.25, 0.3) is 0 Å². The van der Waals surface area contributed by atoms with Crippen molar-refractivity contribution < 1.29 is 4.74 Å². The maximum absolute atomic E-state index is 5.23. The Morgan fingerprint density at radius 3 is 2.48 bits per heavy atom. The maximum atomic E-state index is 5.23. The summed E-state index contributed by atoms with van der Waals surface area (Å²) in [6.07, 6.45) is 10.4. The fourth-order valence-corrected chi connectivity index (χ4v) is 4.57. The van der Waals surface area contributed by atoms with E-state index in [-0.39, 0.29) is 0 Å². The highest BCUT2D eigenvalue weighted by Crippen LogP contribution is 2.38. The van der Waals surface area contributed by atoms with Gasteiger partial charge >= 0.3 is 0 Å². The number of hydrogen-bond acceptors (Lipinski definition) is 3. The molecular formula is C18H27NOS. The molecule has 1 aromatic rings. The van der Waals surface area contributed by atoms with Crippen LogP contribution in [0.4, 0.5) is 0 Å². The van der Waals surface area contributed by atoms with Crippen molar-refractivity contribution >= 4 is 11.8 Å². The summed E-state index contributed by atoms with van der Waals surface area (Å²) >= 11 is 2.05. The lowest BCUT2D eigenvalue weighted by Gasteiger charge is -2.40. The van der Waals surface area contributed by atoms with Crippen molar-refractivity contribution in [2.45, 2.75) is 61.8 Å². The molecule has 2 aliphatic rings. The van der Waals surface area contributed by atoms with Crippen LogP contribution in [0.2, 0.25) is 0 Å². The number of rotatable bonds is 5. The largest absolute Gasteiger partial charge is 0.497 e. The van der Waals surface area contributed by atoms with Crippen LogP contribution in [-0.4, -0.2) is 30.7 Å². The monoisotopic (exact) mass is 305 g/mol. The molecular weight excluding hydrogens is 278 g/mol. The first-order valence-electron chi connectivity index (χ1n) is 8.21. The van der Waals surface area contributed by atoms with Crippen molar-refractivity contribution in [2.24, 2.45) is 0 Å². The molecule has 1 N–H and O–H groups in total. The minimum atomic E-state index is 0.739. The molecule has 0 heterocycles. The van der Waals surface area contributed by atoms with E-state index in [1.807, 2.05) is 0 Å². The van der Waals surface area contributed by atoms with Crippen LogP contribution in [0.1, 0.15) is 50.0 Å². The van der Waals surface area contributed by atoms with Gasteiger partial charge in [-0.15, -0.1) is 0 Å². The zero-order valence-electron chi connectivity index (χ0n) is 13.2. The van der Waals surface area contributed by atoms with Crippen LogP contribution in [0.15, 0.2) is 24.3 Å². The van der Waals surface area contributed by atoms with Crippen LogP contribution < -0.4 is 10.1 Å². The summed E-state index contributed by atoms with van der Waals surface area (Å²) in [5.41, 5.74) is 1.47. The van der Waals surface area contributed by atoms with Crippen molar-refractivity contribution in [1.82, 2.24) is 5.32 Å². The summed E-state index contributed by atoms with van der Waals surface area (Å²) in [5, 5.41) is 4.79. The lowest BCUT2D eigenvalue weighted by Crippen LogP contribution is -2.47. The molecule has 2 fully saturated rings. The zero-order valence-corrected chi connectivity index (χ0v) is 14.0. The first-order chi connectivity index (χ1) is 10.3. The minimum absolute atomic E-state index is 0.739. The fourth-order valence-electron chi connectivity index (χ4n) is 3.75. The molecule has 2 saturated carbocycles. The molecule has 3 heteroatoms. The van der Waals surface area contributed by atoms with Crippen LogP contribution in [0.3, 0.4) is 0 Å². The molecule has 0 aromatic heterocycles. The Morgan fingerprint density at radius 1 is 1.05 bits per heavy atom. The Morgan fingerprint density at radius 2 is 1.81 bits per heavy atom. The third-order valence-electron chi connectivity index (χ3n) is 5.16. The Labute approximate surface area is 133 Å². The topological polar surface area (TPSA) is 21.3 Å². The van der Waals surface area contributed by atoms with Gasteiger partial charge in [-0.05, 0) is 62.0 Å². The van der Waals surface area contributed by atoms with Gasteiger partial charge in [-0.25, -0.2) is 0 Å². The smallest absolute Gasteiger partial charge is 0.118 e. The number of methoxy groups -OCH3 is 1. The van der Waals surface area contributed by atoms with Crippen molar-refractivity contribution in [3.63, 3.8) is 0 Å². The molecule has 2 aliphatic carbocycles. The second kappa shape index (κ2) is 7.06. The average Bonchev–Trinajstić information content (AvgIpc) is 2.51.